The molecule has 1 aliphatic rings. The predicted octanol–water partition coefficient (Wildman–Crippen LogP) is 2.92. The van der Waals surface area contributed by atoms with Gasteiger partial charge in [-0.2, -0.15) is 5.26 Å². The number of hydrogen-bond donors (Lipinski definition) is 1. The summed E-state index contributed by atoms with van der Waals surface area (Å²) < 4.78 is 2.16. The number of nitriles is 1. The van der Waals surface area contributed by atoms with E-state index in [1.165, 1.54) is 0 Å². The van der Waals surface area contributed by atoms with Gasteiger partial charge in [0.2, 0.25) is 5.95 Å². The van der Waals surface area contributed by atoms with Crippen molar-refractivity contribution >= 4 is 17.0 Å². The summed E-state index contributed by atoms with van der Waals surface area (Å²) in [5.74, 6) is 0.868. The summed E-state index contributed by atoms with van der Waals surface area (Å²) in [6, 6.07) is 18.0. The number of aliphatic hydroxyl groups is 1. The second-order valence-electron chi connectivity index (χ2n) is 6.50. The third-order valence-electron chi connectivity index (χ3n) is 4.78. The molecule has 1 saturated heterocycles. The van der Waals surface area contributed by atoms with Crippen LogP contribution in [0.4, 0.5) is 5.95 Å². The lowest BCUT2D eigenvalue weighted by atomic mass is 10.1. The average molecular weight is 332 g/mol. The van der Waals surface area contributed by atoms with Crippen LogP contribution in [0.15, 0.2) is 48.5 Å². The molecule has 1 fully saturated rings. The van der Waals surface area contributed by atoms with E-state index in [2.05, 4.69) is 21.6 Å². The number of para-hydroxylation sites is 2. The first-order valence-corrected chi connectivity index (χ1v) is 8.62. The summed E-state index contributed by atoms with van der Waals surface area (Å²) in [6.07, 6.45) is 1.49. The zero-order valence-corrected chi connectivity index (χ0v) is 14.0. The van der Waals surface area contributed by atoms with E-state index in [1.54, 1.807) is 0 Å². The molecule has 0 spiro atoms. The molecule has 0 radical (unpaired) electrons. The van der Waals surface area contributed by atoms with Crippen LogP contribution in [0.2, 0.25) is 0 Å². The molecule has 0 saturated carbocycles. The second kappa shape index (κ2) is 6.58. The first kappa shape index (κ1) is 15.7. The summed E-state index contributed by atoms with van der Waals surface area (Å²) in [6.45, 7) is 2.08. The van der Waals surface area contributed by atoms with Crippen molar-refractivity contribution in [1.82, 2.24) is 9.55 Å². The molecular weight excluding hydrogens is 312 g/mol. The molecular formula is C20H20N4O. The zero-order valence-electron chi connectivity index (χ0n) is 14.0. The molecule has 2 heterocycles. The average Bonchev–Trinajstić information content (AvgIpc) is 3.01. The lowest BCUT2D eigenvalue weighted by Crippen LogP contribution is -2.39. The highest BCUT2D eigenvalue weighted by molar-refractivity contribution is 5.79. The molecule has 3 aromatic rings. The predicted molar refractivity (Wildman–Crippen MR) is 97.4 cm³/mol. The molecule has 0 bridgehead atoms. The van der Waals surface area contributed by atoms with Gasteiger partial charge in [0.1, 0.15) is 0 Å². The van der Waals surface area contributed by atoms with E-state index < -0.39 is 0 Å². The topological polar surface area (TPSA) is 65.1 Å². The highest BCUT2D eigenvalue weighted by Crippen LogP contribution is 2.27. The third-order valence-corrected chi connectivity index (χ3v) is 4.78. The number of aromatic nitrogens is 2. The Morgan fingerprint density at radius 2 is 1.96 bits per heavy atom. The fourth-order valence-electron chi connectivity index (χ4n) is 3.53. The number of rotatable bonds is 3. The first-order valence-electron chi connectivity index (χ1n) is 8.62. The van der Waals surface area contributed by atoms with Crippen molar-refractivity contribution in [3.05, 3.63) is 59.7 Å². The minimum absolute atomic E-state index is 0.312. The summed E-state index contributed by atoms with van der Waals surface area (Å²) in [4.78, 5) is 6.97. The number of aliphatic hydroxyl groups excluding tert-OH is 1. The van der Waals surface area contributed by atoms with Gasteiger partial charge in [0, 0.05) is 13.1 Å². The van der Waals surface area contributed by atoms with E-state index in [4.69, 9.17) is 4.98 Å². The van der Waals surface area contributed by atoms with Crippen molar-refractivity contribution in [3.8, 4) is 6.07 Å². The SMILES string of the molecule is N#Cc1ccccc1Cn1c(N2CCCC(O)C2)nc2ccccc21. The fourth-order valence-corrected chi connectivity index (χ4v) is 3.53. The minimum Gasteiger partial charge on any atom is -0.391 e. The van der Waals surface area contributed by atoms with Crippen molar-refractivity contribution in [2.75, 3.05) is 18.0 Å². The molecule has 126 valence electrons. The molecule has 1 N–H and O–H groups in total. The van der Waals surface area contributed by atoms with Gasteiger partial charge in [0.05, 0.1) is 35.3 Å². The molecule has 5 heteroatoms. The van der Waals surface area contributed by atoms with Gasteiger partial charge in [-0.25, -0.2) is 4.98 Å². The number of β-amino-alcohol motifs (C(OH)–C–C–N with tert-alkyl or cyclic N) is 1. The maximum absolute atomic E-state index is 10.1. The Bertz CT molecular complexity index is 940. The molecule has 25 heavy (non-hydrogen) atoms. The summed E-state index contributed by atoms with van der Waals surface area (Å²) in [7, 11) is 0. The van der Waals surface area contributed by atoms with Gasteiger partial charge in [-0.3, -0.25) is 0 Å². The highest BCUT2D eigenvalue weighted by Gasteiger charge is 2.23. The van der Waals surface area contributed by atoms with E-state index >= 15 is 0 Å². The monoisotopic (exact) mass is 332 g/mol. The number of benzene rings is 2. The van der Waals surface area contributed by atoms with E-state index in [0.29, 0.717) is 18.7 Å². The maximum Gasteiger partial charge on any atom is 0.206 e. The van der Waals surface area contributed by atoms with Crippen LogP contribution in [0, 0.1) is 11.3 Å². The van der Waals surface area contributed by atoms with E-state index in [1.807, 2.05) is 42.5 Å². The number of piperidine rings is 1. The van der Waals surface area contributed by atoms with Crippen LogP contribution in [0.1, 0.15) is 24.0 Å². The van der Waals surface area contributed by atoms with Gasteiger partial charge in [-0.05, 0) is 36.6 Å². The fraction of sp³-hybridized carbons (Fsp3) is 0.300. The Balaban J connectivity index is 1.81. The lowest BCUT2D eigenvalue weighted by molar-refractivity contribution is 0.153. The Labute approximate surface area is 146 Å². The number of fused-ring (bicyclic) bond motifs is 1. The van der Waals surface area contributed by atoms with Crippen LogP contribution in [0.3, 0.4) is 0 Å². The van der Waals surface area contributed by atoms with E-state index in [9.17, 15) is 10.4 Å². The molecule has 0 aliphatic carbocycles. The van der Waals surface area contributed by atoms with Crippen molar-refractivity contribution < 1.29 is 5.11 Å². The number of anilines is 1. The molecule has 0 amide bonds. The van der Waals surface area contributed by atoms with Gasteiger partial charge in [-0.1, -0.05) is 30.3 Å². The van der Waals surface area contributed by atoms with Crippen LogP contribution in [-0.2, 0) is 6.54 Å². The van der Waals surface area contributed by atoms with Gasteiger partial charge < -0.3 is 14.6 Å². The smallest absolute Gasteiger partial charge is 0.206 e. The van der Waals surface area contributed by atoms with E-state index in [0.717, 1.165) is 41.9 Å². The second-order valence-corrected chi connectivity index (χ2v) is 6.50. The molecule has 1 atom stereocenters. The molecule has 1 aromatic heterocycles. The van der Waals surface area contributed by atoms with Gasteiger partial charge in [0.25, 0.3) is 0 Å². The number of nitrogens with zero attached hydrogens (tertiary/aromatic N) is 4. The first-order chi connectivity index (χ1) is 12.3. The van der Waals surface area contributed by atoms with Crippen LogP contribution < -0.4 is 4.90 Å². The molecule has 2 aromatic carbocycles. The van der Waals surface area contributed by atoms with Crippen molar-refractivity contribution in [1.29, 1.82) is 5.26 Å². The maximum atomic E-state index is 10.1. The molecule has 1 unspecified atom stereocenters. The zero-order chi connectivity index (χ0) is 17.2. The Morgan fingerprint density at radius 3 is 2.80 bits per heavy atom. The van der Waals surface area contributed by atoms with Gasteiger partial charge in [-0.15, -0.1) is 0 Å². The highest BCUT2D eigenvalue weighted by atomic mass is 16.3. The number of hydrogen-bond acceptors (Lipinski definition) is 4. The summed E-state index contributed by atoms with van der Waals surface area (Å²) in [5, 5.41) is 19.5. The molecule has 1 aliphatic heterocycles. The van der Waals surface area contributed by atoms with Crippen molar-refractivity contribution in [3.63, 3.8) is 0 Å². The van der Waals surface area contributed by atoms with Crippen LogP contribution in [0.25, 0.3) is 11.0 Å². The largest absolute Gasteiger partial charge is 0.391 e. The summed E-state index contributed by atoms with van der Waals surface area (Å²) in [5.41, 5.74) is 3.65. The van der Waals surface area contributed by atoms with Crippen LogP contribution in [0.5, 0.6) is 0 Å². The molecule has 4 rings (SSSR count). The normalized spacial score (nSPS) is 17.6. The Morgan fingerprint density at radius 1 is 1.16 bits per heavy atom. The van der Waals surface area contributed by atoms with Gasteiger partial charge >= 0.3 is 0 Å². The minimum atomic E-state index is -0.312. The van der Waals surface area contributed by atoms with Crippen molar-refractivity contribution in [2.45, 2.75) is 25.5 Å². The van der Waals surface area contributed by atoms with Crippen LogP contribution in [-0.4, -0.2) is 33.9 Å². The van der Waals surface area contributed by atoms with Crippen LogP contribution >= 0.6 is 0 Å². The third kappa shape index (κ3) is 2.97. The van der Waals surface area contributed by atoms with Crippen molar-refractivity contribution in [2.24, 2.45) is 0 Å². The lowest BCUT2D eigenvalue weighted by Gasteiger charge is -2.31. The molecule has 5 nitrogen and oxygen atoms in total. The summed E-state index contributed by atoms with van der Waals surface area (Å²) >= 11 is 0. The number of imidazole rings is 1. The standard InChI is InChI=1S/C20H20N4O/c21-12-15-6-1-2-7-16(15)13-24-19-10-4-3-9-18(19)22-20(24)23-11-5-8-17(25)14-23/h1-4,6-7,9-10,17,25H,5,8,11,13-14H2. The van der Waals surface area contributed by atoms with E-state index in [-0.39, 0.29) is 6.10 Å². The Kier molecular flexibility index (Phi) is 4.12. The Hall–Kier alpha value is -2.84. The quantitative estimate of drug-likeness (QED) is 0.801. The van der Waals surface area contributed by atoms with Gasteiger partial charge in [0.15, 0.2) is 0 Å².